The fourth-order valence-electron chi connectivity index (χ4n) is 1.60. The third kappa shape index (κ3) is 5.21. The second kappa shape index (κ2) is 7.42. The van der Waals surface area contributed by atoms with Crippen molar-refractivity contribution in [1.29, 1.82) is 0 Å². The number of rotatable bonds is 6. The molecule has 110 valence electrons. The van der Waals surface area contributed by atoms with Crippen molar-refractivity contribution in [3.05, 3.63) is 29.8 Å². The molecule has 1 aromatic rings. The highest BCUT2D eigenvalue weighted by atomic mass is 19.1. The molecule has 0 radical (unpaired) electrons. The maximum Gasteiger partial charge on any atom is 0.319 e. The Morgan fingerprint density at radius 1 is 1.35 bits per heavy atom. The van der Waals surface area contributed by atoms with Crippen LogP contribution in [0.15, 0.2) is 18.2 Å². The molecular formula is C13H16F2N2O3. The van der Waals surface area contributed by atoms with E-state index < -0.39 is 23.6 Å². The fourth-order valence-corrected chi connectivity index (χ4v) is 1.60. The van der Waals surface area contributed by atoms with Crippen LogP contribution in [-0.4, -0.2) is 23.7 Å². The minimum absolute atomic E-state index is 0.0644. The van der Waals surface area contributed by atoms with E-state index in [-0.39, 0.29) is 24.6 Å². The highest BCUT2D eigenvalue weighted by Gasteiger charge is 2.13. The topological polar surface area (TPSA) is 78.4 Å². The summed E-state index contributed by atoms with van der Waals surface area (Å²) >= 11 is 0. The standard InChI is InChI=1S/C13H16F2N2O3/c1-2-8(5-12(18)19)7-16-13(20)17-11-6-9(14)3-4-10(11)15/h3-4,6,8H,2,5,7H2,1H3,(H,18,19)(H2,16,17,20). The molecule has 3 N–H and O–H groups in total. The van der Waals surface area contributed by atoms with E-state index in [0.717, 1.165) is 18.2 Å². The van der Waals surface area contributed by atoms with Crippen LogP contribution in [0.3, 0.4) is 0 Å². The van der Waals surface area contributed by atoms with Gasteiger partial charge in [0.15, 0.2) is 0 Å². The Balaban J connectivity index is 2.51. The molecule has 1 unspecified atom stereocenters. The Hall–Kier alpha value is -2.18. The number of carbonyl (C=O) groups excluding carboxylic acids is 1. The molecule has 0 aliphatic carbocycles. The van der Waals surface area contributed by atoms with Crippen LogP contribution in [0.25, 0.3) is 0 Å². The summed E-state index contributed by atoms with van der Waals surface area (Å²) in [6, 6.07) is 2.00. The summed E-state index contributed by atoms with van der Waals surface area (Å²) in [5.41, 5.74) is -0.270. The van der Waals surface area contributed by atoms with Gasteiger partial charge in [0.1, 0.15) is 11.6 Å². The van der Waals surface area contributed by atoms with Crippen molar-refractivity contribution in [2.24, 2.45) is 5.92 Å². The Morgan fingerprint density at radius 3 is 2.65 bits per heavy atom. The number of urea groups is 1. The first-order valence-corrected chi connectivity index (χ1v) is 6.14. The van der Waals surface area contributed by atoms with Gasteiger partial charge in [0.25, 0.3) is 0 Å². The van der Waals surface area contributed by atoms with Crippen molar-refractivity contribution in [1.82, 2.24) is 5.32 Å². The van der Waals surface area contributed by atoms with E-state index in [0.29, 0.717) is 6.42 Å². The van der Waals surface area contributed by atoms with Gasteiger partial charge in [-0.2, -0.15) is 0 Å². The van der Waals surface area contributed by atoms with Crippen LogP contribution < -0.4 is 10.6 Å². The predicted octanol–water partition coefficient (Wildman–Crippen LogP) is 2.59. The average Bonchev–Trinajstić information content (AvgIpc) is 2.38. The molecule has 0 aliphatic rings. The number of nitrogens with one attached hydrogen (secondary N) is 2. The zero-order valence-corrected chi connectivity index (χ0v) is 11.0. The molecule has 20 heavy (non-hydrogen) atoms. The Labute approximate surface area is 115 Å². The van der Waals surface area contributed by atoms with Gasteiger partial charge in [-0.05, 0) is 18.1 Å². The lowest BCUT2D eigenvalue weighted by atomic mass is 10.0. The smallest absolute Gasteiger partial charge is 0.319 e. The van der Waals surface area contributed by atoms with Crippen molar-refractivity contribution in [2.45, 2.75) is 19.8 Å². The number of aliphatic carboxylic acids is 1. The zero-order valence-electron chi connectivity index (χ0n) is 11.0. The number of hydrogen-bond acceptors (Lipinski definition) is 2. The van der Waals surface area contributed by atoms with Gasteiger partial charge >= 0.3 is 12.0 Å². The number of benzene rings is 1. The molecule has 0 spiro atoms. The second-order valence-corrected chi connectivity index (χ2v) is 4.33. The third-order valence-electron chi connectivity index (χ3n) is 2.77. The number of hydrogen-bond donors (Lipinski definition) is 3. The minimum Gasteiger partial charge on any atom is -0.481 e. The van der Waals surface area contributed by atoms with Crippen molar-refractivity contribution in [3.63, 3.8) is 0 Å². The van der Waals surface area contributed by atoms with Gasteiger partial charge in [-0.15, -0.1) is 0 Å². The quantitative estimate of drug-likeness (QED) is 0.752. The summed E-state index contributed by atoms with van der Waals surface area (Å²) in [6.45, 7) is 1.95. The highest BCUT2D eigenvalue weighted by molar-refractivity contribution is 5.89. The fraction of sp³-hybridized carbons (Fsp3) is 0.385. The number of anilines is 1. The largest absolute Gasteiger partial charge is 0.481 e. The summed E-state index contributed by atoms with van der Waals surface area (Å²) in [7, 11) is 0. The Kier molecular flexibility index (Phi) is 5.89. The first kappa shape index (κ1) is 15.9. The monoisotopic (exact) mass is 286 g/mol. The number of carboxylic acid groups (broad SMARTS) is 1. The molecular weight excluding hydrogens is 270 g/mol. The normalized spacial score (nSPS) is 11.8. The third-order valence-corrected chi connectivity index (χ3v) is 2.77. The van der Waals surface area contributed by atoms with Crippen molar-refractivity contribution >= 4 is 17.7 Å². The van der Waals surface area contributed by atoms with E-state index in [1.54, 1.807) is 6.92 Å². The maximum atomic E-state index is 13.3. The van der Waals surface area contributed by atoms with Crippen LogP contribution in [0.1, 0.15) is 19.8 Å². The van der Waals surface area contributed by atoms with Gasteiger partial charge in [-0.1, -0.05) is 13.3 Å². The van der Waals surface area contributed by atoms with Crippen molar-refractivity contribution in [2.75, 3.05) is 11.9 Å². The summed E-state index contributed by atoms with van der Waals surface area (Å²) in [5.74, 6) is -2.58. The Morgan fingerprint density at radius 2 is 2.05 bits per heavy atom. The number of carboxylic acids is 1. The zero-order chi connectivity index (χ0) is 15.1. The van der Waals surface area contributed by atoms with Crippen LogP contribution in [0, 0.1) is 17.6 Å². The maximum absolute atomic E-state index is 13.3. The average molecular weight is 286 g/mol. The number of halogens is 2. The van der Waals surface area contributed by atoms with Crippen LogP contribution in [-0.2, 0) is 4.79 Å². The van der Waals surface area contributed by atoms with E-state index in [1.807, 2.05) is 0 Å². The second-order valence-electron chi connectivity index (χ2n) is 4.33. The minimum atomic E-state index is -0.949. The number of amides is 2. The summed E-state index contributed by atoms with van der Waals surface area (Å²) in [5, 5.41) is 13.3. The molecule has 2 amide bonds. The Bertz CT molecular complexity index is 495. The van der Waals surface area contributed by atoms with Crippen molar-refractivity contribution < 1.29 is 23.5 Å². The molecule has 0 heterocycles. The molecule has 1 aromatic carbocycles. The first-order valence-electron chi connectivity index (χ1n) is 6.14. The highest BCUT2D eigenvalue weighted by Crippen LogP contribution is 2.15. The lowest BCUT2D eigenvalue weighted by Crippen LogP contribution is -2.33. The summed E-state index contributed by atoms with van der Waals surface area (Å²) in [6.07, 6.45) is 0.520. The molecule has 0 saturated heterocycles. The van der Waals surface area contributed by atoms with Gasteiger partial charge in [0, 0.05) is 19.0 Å². The molecule has 1 atom stereocenters. The van der Waals surface area contributed by atoms with Crippen LogP contribution >= 0.6 is 0 Å². The van der Waals surface area contributed by atoms with E-state index in [1.165, 1.54) is 0 Å². The molecule has 7 heteroatoms. The van der Waals surface area contributed by atoms with E-state index in [9.17, 15) is 18.4 Å². The van der Waals surface area contributed by atoms with Crippen LogP contribution in [0.4, 0.5) is 19.3 Å². The molecule has 0 saturated carbocycles. The molecule has 0 aromatic heterocycles. The molecule has 5 nitrogen and oxygen atoms in total. The first-order chi connectivity index (χ1) is 9.42. The lowest BCUT2D eigenvalue weighted by Gasteiger charge is -2.14. The van der Waals surface area contributed by atoms with Crippen LogP contribution in [0.5, 0.6) is 0 Å². The number of carbonyl (C=O) groups is 2. The SMILES string of the molecule is CCC(CNC(=O)Nc1cc(F)ccc1F)CC(=O)O. The molecule has 0 fully saturated rings. The molecule has 0 bridgehead atoms. The van der Waals surface area contributed by atoms with E-state index >= 15 is 0 Å². The van der Waals surface area contributed by atoms with Gasteiger partial charge in [-0.3, -0.25) is 4.79 Å². The van der Waals surface area contributed by atoms with Crippen molar-refractivity contribution in [3.8, 4) is 0 Å². The lowest BCUT2D eigenvalue weighted by molar-refractivity contribution is -0.138. The predicted molar refractivity (Wildman–Crippen MR) is 69.4 cm³/mol. The van der Waals surface area contributed by atoms with Gasteiger partial charge in [0.05, 0.1) is 5.69 Å². The van der Waals surface area contributed by atoms with Gasteiger partial charge < -0.3 is 15.7 Å². The molecule has 0 aliphatic heterocycles. The van der Waals surface area contributed by atoms with E-state index in [2.05, 4.69) is 10.6 Å². The van der Waals surface area contributed by atoms with Crippen LogP contribution in [0.2, 0.25) is 0 Å². The van der Waals surface area contributed by atoms with Gasteiger partial charge in [-0.25, -0.2) is 13.6 Å². The summed E-state index contributed by atoms with van der Waals surface area (Å²) in [4.78, 5) is 22.1. The summed E-state index contributed by atoms with van der Waals surface area (Å²) < 4.78 is 26.2. The molecule has 1 rings (SSSR count). The van der Waals surface area contributed by atoms with Gasteiger partial charge in [0.2, 0.25) is 0 Å². The van der Waals surface area contributed by atoms with E-state index in [4.69, 9.17) is 5.11 Å².